The molecule has 3 aliphatic rings. The van der Waals surface area contributed by atoms with Crippen LogP contribution in [0.1, 0.15) is 85.7 Å². The summed E-state index contributed by atoms with van der Waals surface area (Å²) >= 11 is 0. The summed E-state index contributed by atoms with van der Waals surface area (Å²) in [6.45, 7) is 8.64. The van der Waals surface area contributed by atoms with E-state index < -0.39 is 0 Å². The van der Waals surface area contributed by atoms with Crippen LogP contribution >= 0.6 is 0 Å². The van der Waals surface area contributed by atoms with Crippen LogP contribution < -0.4 is 0 Å². The predicted octanol–water partition coefficient (Wildman–Crippen LogP) is 5.46. The monoisotopic (exact) mass is 632 g/mol. The van der Waals surface area contributed by atoms with E-state index in [1.165, 1.54) is 27.0 Å². The predicted molar refractivity (Wildman–Crippen MR) is 181 cm³/mol. The molecule has 0 fully saturated rings. The van der Waals surface area contributed by atoms with Gasteiger partial charge in [0.25, 0.3) is 23.6 Å². The zero-order valence-electron chi connectivity index (χ0n) is 27.1. The Kier molecular flexibility index (Phi) is 8.28. The van der Waals surface area contributed by atoms with Gasteiger partial charge in [0.05, 0.1) is 12.2 Å². The molecule has 9 nitrogen and oxygen atoms in total. The van der Waals surface area contributed by atoms with Crippen LogP contribution in [0.4, 0.5) is 0 Å². The van der Waals surface area contributed by atoms with Crippen molar-refractivity contribution in [2.45, 2.75) is 46.0 Å². The second kappa shape index (κ2) is 12.5. The number of carbonyl (C=O) groups is 4. The smallest absolute Gasteiger partial charge is 0.262 e. The molecule has 4 aromatic carbocycles. The summed E-state index contributed by atoms with van der Waals surface area (Å²) in [4.78, 5) is 60.8. The number of phenols is 1. The van der Waals surface area contributed by atoms with Crippen molar-refractivity contribution in [3.05, 3.63) is 88.0 Å². The summed E-state index contributed by atoms with van der Waals surface area (Å²) in [5, 5.41) is 13.4. The number of unbranched alkanes of at least 4 members (excludes halogenated alkanes) is 1. The number of aromatic hydroxyl groups is 1. The van der Waals surface area contributed by atoms with Gasteiger partial charge in [-0.25, -0.2) is 0 Å². The van der Waals surface area contributed by atoms with Gasteiger partial charge >= 0.3 is 0 Å². The van der Waals surface area contributed by atoms with E-state index in [-0.39, 0.29) is 36.0 Å². The molecule has 0 saturated carbocycles. The molecule has 2 aliphatic heterocycles. The second-order valence-corrected chi connectivity index (χ2v) is 12.8. The minimum absolute atomic E-state index is 0.00425. The number of nitrogens with zero attached hydrogens (tertiary/aromatic N) is 4. The van der Waals surface area contributed by atoms with Gasteiger partial charge in [-0.2, -0.15) is 0 Å². The molecule has 0 radical (unpaired) electrons. The number of imide groups is 2. The lowest BCUT2D eigenvalue weighted by Crippen LogP contribution is -2.47. The molecule has 0 aromatic heterocycles. The molecule has 242 valence electrons. The van der Waals surface area contributed by atoms with E-state index in [4.69, 9.17) is 0 Å². The molecule has 2 heterocycles. The SMILES string of the molecule is CCN(CCCCN(CC)CN1C(=O)c2cccc3cc(O)cc(c23)C1=O)CCCN1C(=O)c2ccc3c4c(ccc(c24)C1=O)CC3. The quantitative estimate of drug-likeness (QED) is 0.154. The molecule has 7 rings (SSSR count). The van der Waals surface area contributed by atoms with Gasteiger partial charge < -0.3 is 10.0 Å². The normalized spacial score (nSPS) is 15.4. The van der Waals surface area contributed by atoms with E-state index in [9.17, 15) is 24.3 Å². The number of aryl methyl sites for hydroxylation is 2. The molecular weight excluding hydrogens is 592 g/mol. The van der Waals surface area contributed by atoms with Gasteiger partial charge in [0, 0.05) is 34.0 Å². The van der Waals surface area contributed by atoms with Gasteiger partial charge in [-0.15, -0.1) is 0 Å². The number of phenolic OH excluding ortho intramolecular Hbond substituents is 1. The average molecular weight is 633 g/mol. The topological polar surface area (TPSA) is 101 Å². The zero-order valence-corrected chi connectivity index (χ0v) is 27.1. The Hall–Kier alpha value is -4.60. The lowest BCUT2D eigenvalue weighted by Gasteiger charge is -2.32. The average Bonchev–Trinajstić information content (AvgIpc) is 3.51. The highest BCUT2D eigenvalue weighted by molar-refractivity contribution is 6.27. The number of amides is 4. The van der Waals surface area contributed by atoms with Gasteiger partial charge in [-0.05, 0) is 117 Å². The van der Waals surface area contributed by atoms with Crippen LogP contribution in [0, 0.1) is 0 Å². The maximum atomic E-state index is 13.4. The fourth-order valence-electron chi connectivity index (χ4n) is 7.62. The van der Waals surface area contributed by atoms with Crippen LogP contribution in [0.25, 0.3) is 21.5 Å². The number of benzene rings is 4. The summed E-state index contributed by atoms with van der Waals surface area (Å²) in [6.07, 6.45) is 4.44. The fourth-order valence-corrected chi connectivity index (χ4v) is 7.62. The molecule has 9 heteroatoms. The van der Waals surface area contributed by atoms with Crippen LogP contribution in [-0.4, -0.2) is 94.3 Å². The standard InChI is InChI=1S/C38H40N4O5/c1-3-39(19-8-20-41-35(44)29-15-13-24-11-12-25-14-16-30(36(41)45)34(29)32(24)25)17-5-6-18-40(4-2)23-42-37(46)28-10-7-9-26-21-27(43)22-31(33(26)28)38(42)47/h7,9-10,13-16,21-22,43H,3-6,8,11-12,17-20,23H2,1-2H3. The first-order chi connectivity index (χ1) is 22.8. The molecule has 4 aromatic rings. The number of hydrogen-bond acceptors (Lipinski definition) is 7. The Labute approximate surface area is 274 Å². The van der Waals surface area contributed by atoms with Gasteiger partial charge in [0.2, 0.25) is 0 Å². The van der Waals surface area contributed by atoms with E-state index in [0.717, 1.165) is 62.6 Å². The maximum Gasteiger partial charge on any atom is 0.262 e. The summed E-state index contributed by atoms with van der Waals surface area (Å²) < 4.78 is 0. The van der Waals surface area contributed by atoms with Crippen LogP contribution in [0.5, 0.6) is 5.75 Å². The molecular formula is C38H40N4O5. The Morgan fingerprint density at radius 2 is 1.19 bits per heavy atom. The van der Waals surface area contributed by atoms with E-state index >= 15 is 0 Å². The Morgan fingerprint density at radius 3 is 1.85 bits per heavy atom. The molecule has 1 aliphatic carbocycles. The molecule has 4 amide bonds. The number of hydrogen-bond donors (Lipinski definition) is 1. The largest absolute Gasteiger partial charge is 0.508 e. The molecule has 0 atom stereocenters. The van der Waals surface area contributed by atoms with Crippen molar-refractivity contribution >= 4 is 45.2 Å². The van der Waals surface area contributed by atoms with Crippen LogP contribution in [0.2, 0.25) is 0 Å². The Bertz CT molecular complexity index is 1890. The van der Waals surface area contributed by atoms with E-state index in [1.54, 1.807) is 24.3 Å². The Morgan fingerprint density at radius 1 is 0.617 bits per heavy atom. The van der Waals surface area contributed by atoms with Gasteiger partial charge in [-0.3, -0.25) is 33.9 Å². The summed E-state index contributed by atoms with van der Waals surface area (Å²) in [5.41, 5.74) is 4.58. The Balaban J connectivity index is 0.909. The van der Waals surface area contributed by atoms with Crippen molar-refractivity contribution in [2.24, 2.45) is 0 Å². The summed E-state index contributed by atoms with van der Waals surface area (Å²) in [6, 6.07) is 16.2. The van der Waals surface area contributed by atoms with Gasteiger partial charge in [0.15, 0.2) is 0 Å². The fraction of sp³-hybridized carbons (Fsp3) is 0.368. The highest BCUT2D eigenvalue weighted by Crippen LogP contribution is 2.38. The number of carbonyl (C=O) groups excluding carboxylic acids is 4. The van der Waals surface area contributed by atoms with Crippen LogP contribution in [0.15, 0.2) is 54.6 Å². The van der Waals surface area contributed by atoms with Crippen LogP contribution in [0.3, 0.4) is 0 Å². The van der Waals surface area contributed by atoms with E-state index in [0.29, 0.717) is 52.5 Å². The van der Waals surface area contributed by atoms with Gasteiger partial charge in [0.1, 0.15) is 5.75 Å². The highest BCUT2D eigenvalue weighted by Gasteiger charge is 2.36. The minimum atomic E-state index is -0.385. The van der Waals surface area contributed by atoms with Crippen molar-refractivity contribution in [2.75, 3.05) is 45.9 Å². The highest BCUT2D eigenvalue weighted by atomic mass is 16.3. The third kappa shape index (κ3) is 5.37. The molecule has 0 bridgehead atoms. The maximum absolute atomic E-state index is 13.4. The van der Waals surface area contributed by atoms with E-state index in [2.05, 4.69) is 28.9 Å². The minimum Gasteiger partial charge on any atom is -0.508 e. The first-order valence-corrected chi connectivity index (χ1v) is 16.8. The van der Waals surface area contributed by atoms with Crippen molar-refractivity contribution in [1.82, 2.24) is 19.6 Å². The molecule has 47 heavy (non-hydrogen) atoms. The van der Waals surface area contributed by atoms with E-state index in [1.807, 2.05) is 19.1 Å². The van der Waals surface area contributed by atoms with Crippen molar-refractivity contribution in [3.63, 3.8) is 0 Å². The molecule has 0 unspecified atom stereocenters. The van der Waals surface area contributed by atoms with Gasteiger partial charge in [-0.1, -0.05) is 38.1 Å². The van der Waals surface area contributed by atoms with Crippen LogP contribution in [-0.2, 0) is 12.8 Å². The summed E-state index contributed by atoms with van der Waals surface area (Å²) in [5.74, 6) is -1.07. The third-order valence-corrected chi connectivity index (χ3v) is 10.2. The second-order valence-electron chi connectivity index (χ2n) is 12.8. The number of rotatable bonds is 13. The summed E-state index contributed by atoms with van der Waals surface area (Å²) in [7, 11) is 0. The first-order valence-electron chi connectivity index (χ1n) is 16.8. The zero-order chi connectivity index (χ0) is 32.8. The van der Waals surface area contributed by atoms with Crippen molar-refractivity contribution < 1.29 is 24.3 Å². The molecule has 1 N–H and O–H groups in total. The van der Waals surface area contributed by atoms with Crippen molar-refractivity contribution in [3.8, 4) is 5.75 Å². The van der Waals surface area contributed by atoms with Crippen molar-refractivity contribution in [1.29, 1.82) is 0 Å². The molecule has 0 spiro atoms. The lowest BCUT2D eigenvalue weighted by molar-refractivity contribution is 0.0496. The third-order valence-electron chi connectivity index (χ3n) is 10.2. The molecule has 0 saturated heterocycles. The lowest BCUT2D eigenvalue weighted by atomic mass is 9.91. The first kappa shape index (κ1) is 31.0.